The highest BCUT2D eigenvalue weighted by Gasteiger charge is 2.33. The molecule has 0 saturated heterocycles. The molecule has 0 radical (unpaired) electrons. The minimum atomic E-state index is -4.60. The summed E-state index contributed by atoms with van der Waals surface area (Å²) in [6.07, 6.45) is -2.64. The third-order valence-corrected chi connectivity index (χ3v) is 4.14. The number of alkyl halides is 3. The minimum Gasteiger partial charge on any atom is -0.356 e. The standard InChI is InChI=1S/C18H28F4N4.HI/c1-4-26(5-2)11-7-6-10-24-17(23-3)25-13-14-8-9-15(19)12-16(14)18(20,21)22;/h8-9,12H,4-7,10-11,13H2,1-3H3,(H2,23,24,25);1H. The lowest BCUT2D eigenvalue weighted by molar-refractivity contribution is -0.138. The van der Waals surface area contributed by atoms with Gasteiger partial charge in [0.15, 0.2) is 5.96 Å². The van der Waals surface area contributed by atoms with E-state index in [2.05, 4.69) is 34.4 Å². The first-order valence-corrected chi connectivity index (χ1v) is 8.84. The monoisotopic (exact) mass is 504 g/mol. The van der Waals surface area contributed by atoms with Crippen LogP contribution in [0.3, 0.4) is 0 Å². The van der Waals surface area contributed by atoms with Crippen LogP contribution in [0, 0.1) is 5.82 Å². The lowest BCUT2D eigenvalue weighted by Gasteiger charge is -2.18. The molecular formula is C18H29F4IN4. The second-order valence-electron chi connectivity index (χ2n) is 5.89. The lowest BCUT2D eigenvalue weighted by Crippen LogP contribution is -2.38. The fraction of sp³-hybridized carbons (Fsp3) is 0.611. The van der Waals surface area contributed by atoms with Crippen LogP contribution in [0.2, 0.25) is 0 Å². The maximum atomic E-state index is 13.1. The van der Waals surface area contributed by atoms with Crippen molar-refractivity contribution in [3.63, 3.8) is 0 Å². The lowest BCUT2D eigenvalue weighted by atomic mass is 10.1. The molecule has 0 unspecified atom stereocenters. The molecule has 0 fully saturated rings. The number of hydrogen-bond acceptors (Lipinski definition) is 2. The molecular weight excluding hydrogens is 475 g/mol. The molecule has 0 heterocycles. The van der Waals surface area contributed by atoms with Crippen LogP contribution in [0.15, 0.2) is 23.2 Å². The summed E-state index contributed by atoms with van der Waals surface area (Å²) in [4.78, 5) is 6.34. The van der Waals surface area contributed by atoms with Crippen molar-refractivity contribution < 1.29 is 17.6 Å². The molecule has 0 amide bonds. The average Bonchev–Trinajstić information content (AvgIpc) is 2.60. The molecule has 0 aliphatic heterocycles. The van der Waals surface area contributed by atoms with Gasteiger partial charge in [-0.2, -0.15) is 13.2 Å². The number of unbranched alkanes of at least 4 members (excludes halogenated alkanes) is 1. The molecule has 2 N–H and O–H groups in total. The highest BCUT2D eigenvalue weighted by atomic mass is 127. The summed E-state index contributed by atoms with van der Waals surface area (Å²) in [5.74, 6) is -0.484. The number of aliphatic imine (C=N–C) groups is 1. The molecule has 27 heavy (non-hydrogen) atoms. The molecule has 0 aromatic heterocycles. The third kappa shape index (κ3) is 9.59. The first-order valence-electron chi connectivity index (χ1n) is 8.84. The molecule has 156 valence electrons. The minimum absolute atomic E-state index is 0. The Morgan fingerprint density at radius 3 is 2.33 bits per heavy atom. The summed E-state index contributed by atoms with van der Waals surface area (Å²) in [5, 5.41) is 5.93. The van der Waals surface area contributed by atoms with Crippen LogP contribution < -0.4 is 10.6 Å². The topological polar surface area (TPSA) is 39.7 Å². The second-order valence-corrected chi connectivity index (χ2v) is 5.89. The second kappa shape index (κ2) is 13.1. The summed E-state index contributed by atoms with van der Waals surface area (Å²) >= 11 is 0. The Hall–Kier alpha value is -1.10. The molecule has 1 aromatic carbocycles. The van der Waals surface area contributed by atoms with E-state index in [1.54, 1.807) is 7.05 Å². The first-order chi connectivity index (χ1) is 12.3. The summed E-state index contributed by atoms with van der Waals surface area (Å²) < 4.78 is 52.1. The van der Waals surface area contributed by atoms with Crippen molar-refractivity contribution in [1.82, 2.24) is 15.5 Å². The zero-order valence-electron chi connectivity index (χ0n) is 16.0. The predicted molar refractivity (Wildman–Crippen MR) is 112 cm³/mol. The van der Waals surface area contributed by atoms with Crippen LogP contribution >= 0.6 is 24.0 Å². The number of hydrogen-bond donors (Lipinski definition) is 2. The van der Waals surface area contributed by atoms with Gasteiger partial charge in [0.2, 0.25) is 0 Å². The van der Waals surface area contributed by atoms with Crippen LogP contribution in [-0.2, 0) is 12.7 Å². The van der Waals surface area contributed by atoms with Gasteiger partial charge in [-0.1, -0.05) is 19.9 Å². The van der Waals surface area contributed by atoms with Gasteiger partial charge in [-0.25, -0.2) is 4.39 Å². The van der Waals surface area contributed by atoms with Crippen LogP contribution in [0.4, 0.5) is 17.6 Å². The Morgan fingerprint density at radius 1 is 1.11 bits per heavy atom. The molecule has 0 aliphatic carbocycles. The Labute approximate surface area is 175 Å². The zero-order chi connectivity index (χ0) is 19.6. The van der Waals surface area contributed by atoms with Crippen molar-refractivity contribution in [2.75, 3.05) is 33.2 Å². The van der Waals surface area contributed by atoms with Crippen molar-refractivity contribution in [3.05, 3.63) is 35.1 Å². The first kappa shape index (κ1) is 25.9. The normalized spacial score (nSPS) is 12.1. The Balaban J connectivity index is 0.00000676. The molecule has 0 spiro atoms. The SMILES string of the molecule is CCN(CC)CCCCNC(=NC)NCc1ccc(F)cc1C(F)(F)F.I. The van der Waals surface area contributed by atoms with Gasteiger partial charge in [-0.3, -0.25) is 4.99 Å². The number of benzene rings is 1. The van der Waals surface area contributed by atoms with Gasteiger partial charge in [-0.15, -0.1) is 24.0 Å². The molecule has 0 aliphatic rings. The molecule has 0 atom stereocenters. The van der Waals surface area contributed by atoms with Gasteiger partial charge in [0.05, 0.1) is 5.56 Å². The van der Waals surface area contributed by atoms with E-state index < -0.39 is 17.6 Å². The van der Waals surface area contributed by atoms with Crippen LogP contribution in [0.5, 0.6) is 0 Å². The van der Waals surface area contributed by atoms with Gasteiger partial charge >= 0.3 is 6.18 Å². The summed E-state index contributed by atoms with van der Waals surface area (Å²) in [5.41, 5.74) is -0.997. The fourth-order valence-corrected chi connectivity index (χ4v) is 2.57. The molecule has 1 aromatic rings. The molecule has 9 heteroatoms. The highest BCUT2D eigenvalue weighted by Crippen LogP contribution is 2.32. The van der Waals surface area contributed by atoms with Crippen LogP contribution in [0.1, 0.15) is 37.8 Å². The molecule has 1 rings (SSSR count). The Bertz CT molecular complexity index is 575. The quantitative estimate of drug-likeness (QED) is 0.174. The smallest absolute Gasteiger partial charge is 0.356 e. The van der Waals surface area contributed by atoms with E-state index in [1.807, 2.05) is 0 Å². The van der Waals surface area contributed by atoms with Gasteiger partial charge in [0.25, 0.3) is 0 Å². The van der Waals surface area contributed by atoms with Crippen LogP contribution in [-0.4, -0.2) is 44.1 Å². The van der Waals surface area contributed by atoms with Crippen molar-refractivity contribution in [2.24, 2.45) is 4.99 Å². The van der Waals surface area contributed by atoms with Crippen molar-refractivity contribution in [3.8, 4) is 0 Å². The third-order valence-electron chi connectivity index (χ3n) is 4.14. The maximum Gasteiger partial charge on any atom is 0.416 e. The summed E-state index contributed by atoms with van der Waals surface area (Å²) in [6.45, 7) is 7.89. The van der Waals surface area contributed by atoms with Gasteiger partial charge in [0, 0.05) is 20.1 Å². The number of nitrogens with zero attached hydrogens (tertiary/aromatic N) is 2. The van der Waals surface area contributed by atoms with E-state index in [4.69, 9.17) is 0 Å². The maximum absolute atomic E-state index is 13.1. The predicted octanol–water partition coefficient (Wildman–Crippen LogP) is 4.25. The number of nitrogens with one attached hydrogen (secondary N) is 2. The highest BCUT2D eigenvalue weighted by molar-refractivity contribution is 14.0. The molecule has 4 nitrogen and oxygen atoms in total. The van der Waals surface area contributed by atoms with E-state index >= 15 is 0 Å². The van der Waals surface area contributed by atoms with Crippen molar-refractivity contribution >= 4 is 29.9 Å². The summed E-state index contributed by atoms with van der Waals surface area (Å²) in [6, 6.07) is 2.68. The van der Waals surface area contributed by atoms with Gasteiger partial charge in [-0.05, 0) is 50.2 Å². The Kier molecular flexibility index (Phi) is 12.6. The van der Waals surface area contributed by atoms with E-state index in [-0.39, 0.29) is 36.1 Å². The molecule has 0 bridgehead atoms. The number of halogens is 5. The molecule has 0 saturated carbocycles. The van der Waals surface area contributed by atoms with E-state index in [9.17, 15) is 17.6 Å². The van der Waals surface area contributed by atoms with Gasteiger partial charge < -0.3 is 15.5 Å². The fourth-order valence-electron chi connectivity index (χ4n) is 2.57. The summed E-state index contributed by atoms with van der Waals surface area (Å²) in [7, 11) is 1.56. The van der Waals surface area contributed by atoms with E-state index in [0.29, 0.717) is 18.6 Å². The number of guanidine groups is 1. The van der Waals surface area contributed by atoms with Gasteiger partial charge in [0.1, 0.15) is 5.82 Å². The largest absolute Gasteiger partial charge is 0.416 e. The number of rotatable bonds is 9. The van der Waals surface area contributed by atoms with Crippen LogP contribution in [0.25, 0.3) is 0 Å². The van der Waals surface area contributed by atoms with Crippen molar-refractivity contribution in [1.29, 1.82) is 0 Å². The van der Waals surface area contributed by atoms with E-state index in [0.717, 1.165) is 44.6 Å². The van der Waals surface area contributed by atoms with E-state index in [1.165, 1.54) is 0 Å². The average molecular weight is 504 g/mol. The Morgan fingerprint density at radius 2 is 1.78 bits per heavy atom. The zero-order valence-corrected chi connectivity index (χ0v) is 18.3. The van der Waals surface area contributed by atoms with Crippen molar-refractivity contribution in [2.45, 2.75) is 39.4 Å².